The van der Waals surface area contributed by atoms with Gasteiger partial charge in [-0.2, -0.15) is 0 Å². The van der Waals surface area contributed by atoms with E-state index >= 15 is 0 Å². The van der Waals surface area contributed by atoms with E-state index in [9.17, 15) is 13.6 Å². The van der Waals surface area contributed by atoms with E-state index in [0.717, 1.165) is 11.6 Å². The van der Waals surface area contributed by atoms with Crippen LogP contribution in [0.15, 0.2) is 48.8 Å². The standard InChI is InChI=1S/C19H15F2N3O2/c1-26-15-4-2-3-11(5-15)16-9-17(25)23-19-18(16)22-10-24(19)14-7-12(20)6-13(21)8-14/h2-8,10,16H,9H2,1H3,(H,23,25). The fourth-order valence-corrected chi connectivity index (χ4v) is 3.21. The molecule has 3 aromatic rings. The molecule has 26 heavy (non-hydrogen) atoms. The number of hydrogen-bond donors (Lipinski definition) is 1. The van der Waals surface area contributed by atoms with Crippen molar-refractivity contribution in [2.24, 2.45) is 0 Å². The highest BCUT2D eigenvalue weighted by molar-refractivity contribution is 5.94. The van der Waals surface area contributed by atoms with Gasteiger partial charge in [0.2, 0.25) is 5.91 Å². The Bertz CT molecular complexity index is 980. The van der Waals surface area contributed by atoms with Gasteiger partial charge in [-0.05, 0) is 29.8 Å². The maximum atomic E-state index is 13.6. The zero-order valence-electron chi connectivity index (χ0n) is 13.9. The molecule has 0 saturated heterocycles. The number of imidazole rings is 1. The molecule has 0 bridgehead atoms. The zero-order valence-corrected chi connectivity index (χ0v) is 13.9. The van der Waals surface area contributed by atoms with Crippen molar-refractivity contribution in [3.05, 3.63) is 71.7 Å². The van der Waals surface area contributed by atoms with Crippen LogP contribution in [-0.4, -0.2) is 22.6 Å². The summed E-state index contributed by atoms with van der Waals surface area (Å²) in [6.45, 7) is 0. The van der Waals surface area contributed by atoms with Crippen LogP contribution in [0.5, 0.6) is 5.75 Å². The first-order chi connectivity index (χ1) is 12.5. The van der Waals surface area contributed by atoms with Crippen molar-refractivity contribution >= 4 is 11.7 Å². The summed E-state index contributed by atoms with van der Waals surface area (Å²) in [4.78, 5) is 16.7. The van der Waals surface area contributed by atoms with Gasteiger partial charge in [0.15, 0.2) is 0 Å². The number of methoxy groups -OCH3 is 1. The number of benzene rings is 2. The number of carbonyl (C=O) groups excluding carboxylic acids is 1. The topological polar surface area (TPSA) is 56.1 Å². The van der Waals surface area contributed by atoms with Crippen LogP contribution >= 0.6 is 0 Å². The minimum absolute atomic E-state index is 0.191. The van der Waals surface area contributed by atoms with Crippen LogP contribution in [0, 0.1) is 11.6 Å². The van der Waals surface area contributed by atoms with Crippen LogP contribution in [0.4, 0.5) is 14.6 Å². The lowest BCUT2D eigenvalue weighted by Gasteiger charge is -2.23. The number of rotatable bonds is 3. The molecule has 1 N–H and O–H groups in total. The van der Waals surface area contributed by atoms with Gasteiger partial charge in [0.25, 0.3) is 0 Å². The first-order valence-corrected chi connectivity index (χ1v) is 8.02. The molecule has 1 unspecified atom stereocenters. The Kier molecular flexibility index (Phi) is 3.91. The average molecular weight is 355 g/mol. The molecule has 0 spiro atoms. The van der Waals surface area contributed by atoms with Gasteiger partial charge in [0, 0.05) is 18.4 Å². The predicted molar refractivity (Wildman–Crippen MR) is 91.6 cm³/mol. The summed E-state index contributed by atoms with van der Waals surface area (Å²) in [6.07, 6.45) is 1.69. The predicted octanol–water partition coefficient (Wildman–Crippen LogP) is 3.63. The van der Waals surface area contributed by atoms with Gasteiger partial charge < -0.3 is 10.1 Å². The van der Waals surface area contributed by atoms with Gasteiger partial charge in [-0.25, -0.2) is 13.8 Å². The molecule has 1 aromatic heterocycles. The van der Waals surface area contributed by atoms with E-state index in [2.05, 4.69) is 10.3 Å². The second-order valence-electron chi connectivity index (χ2n) is 6.06. The van der Waals surface area contributed by atoms with Gasteiger partial charge in [0.05, 0.1) is 18.5 Å². The summed E-state index contributed by atoms with van der Waals surface area (Å²) in [5, 5.41) is 2.76. The van der Waals surface area contributed by atoms with Gasteiger partial charge in [-0.1, -0.05) is 12.1 Å². The second kappa shape index (κ2) is 6.25. The van der Waals surface area contributed by atoms with E-state index in [-0.39, 0.29) is 23.9 Å². The van der Waals surface area contributed by atoms with Crippen LogP contribution in [0.25, 0.3) is 5.69 Å². The highest BCUT2D eigenvalue weighted by Gasteiger charge is 2.31. The Balaban J connectivity index is 1.82. The lowest BCUT2D eigenvalue weighted by molar-refractivity contribution is -0.116. The molecule has 1 aliphatic rings. The Labute approximate surface area is 148 Å². The molecule has 1 aliphatic heterocycles. The highest BCUT2D eigenvalue weighted by Crippen LogP contribution is 2.38. The number of hydrogen-bond acceptors (Lipinski definition) is 3. The SMILES string of the molecule is COc1cccc(C2CC(=O)Nc3c2ncn3-c2cc(F)cc(F)c2)c1. The molecular weight excluding hydrogens is 340 g/mol. The number of halogens is 2. The summed E-state index contributed by atoms with van der Waals surface area (Å²) >= 11 is 0. The molecule has 1 amide bonds. The smallest absolute Gasteiger partial charge is 0.226 e. The Morgan fingerprint density at radius 2 is 1.96 bits per heavy atom. The maximum Gasteiger partial charge on any atom is 0.226 e. The summed E-state index contributed by atoms with van der Waals surface area (Å²) in [7, 11) is 1.57. The van der Waals surface area contributed by atoms with Gasteiger partial charge >= 0.3 is 0 Å². The van der Waals surface area contributed by atoms with Crippen molar-refractivity contribution in [2.45, 2.75) is 12.3 Å². The quantitative estimate of drug-likeness (QED) is 0.781. The summed E-state index contributed by atoms with van der Waals surface area (Å²) in [5.41, 5.74) is 1.78. The largest absolute Gasteiger partial charge is 0.497 e. The van der Waals surface area contributed by atoms with Gasteiger partial charge in [-0.3, -0.25) is 9.36 Å². The summed E-state index contributed by atoms with van der Waals surface area (Å²) in [5.74, 6) is -0.763. The third-order valence-electron chi connectivity index (χ3n) is 4.39. The molecule has 0 fully saturated rings. The Morgan fingerprint density at radius 1 is 1.19 bits per heavy atom. The van der Waals surface area contributed by atoms with Crippen molar-refractivity contribution in [2.75, 3.05) is 12.4 Å². The molecule has 0 aliphatic carbocycles. The van der Waals surface area contributed by atoms with E-state index in [1.165, 1.54) is 23.0 Å². The van der Waals surface area contributed by atoms with E-state index in [1.54, 1.807) is 7.11 Å². The number of amides is 1. The Morgan fingerprint density at radius 3 is 2.69 bits per heavy atom. The van der Waals surface area contributed by atoms with Crippen molar-refractivity contribution < 1.29 is 18.3 Å². The maximum absolute atomic E-state index is 13.6. The van der Waals surface area contributed by atoms with Crippen LogP contribution in [0.1, 0.15) is 23.6 Å². The van der Waals surface area contributed by atoms with Crippen LogP contribution < -0.4 is 10.1 Å². The lowest BCUT2D eigenvalue weighted by Crippen LogP contribution is -2.25. The number of nitrogens with zero attached hydrogens (tertiary/aromatic N) is 2. The third-order valence-corrected chi connectivity index (χ3v) is 4.39. The van der Waals surface area contributed by atoms with Crippen LogP contribution in [0.2, 0.25) is 0 Å². The number of aromatic nitrogens is 2. The van der Waals surface area contributed by atoms with Crippen LogP contribution in [0.3, 0.4) is 0 Å². The van der Waals surface area contributed by atoms with E-state index in [4.69, 9.17) is 4.74 Å². The summed E-state index contributed by atoms with van der Waals surface area (Å²) < 4.78 is 33.9. The first-order valence-electron chi connectivity index (χ1n) is 8.02. The van der Waals surface area contributed by atoms with Crippen molar-refractivity contribution in [3.8, 4) is 11.4 Å². The minimum atomic E-state index is -0.700. The molecule has 1 atom stereocenters. The number of anilines is 1. The first kappa shape index (κ1) is 16.3. The van der Waals surface area contributed by atoms with E-state index in [0.29, 0.717) is 17.3 Å². The lowest BCUT2D eigenvalue weighted by atomic mass is 9.89. The monoisotopic (exact) mass is 355 g/mol. The second-order valence-corrected chi connectivity index (χ2v) is 6.06. The van der Waals surface area contributed by atoms with E-state index < -0.39 is 11.6 Å². The number of fused-ring (bicyclic) bond motifs is 1. The molecule has 0 saturated carbocycles. The van der Waals surface area contributed by atoms with Gasteiger partial charge in [0.1, 0.15) is 29.5 Å². The van der Waals surface area contributed by atoms with E-state index in [1.807, 2.05) is 24.3 Å². The normalized spacial score (nSPS) is 16.1. The van der Waals surface area contributed by atoms with Crippen molar-refractivity contribution in [3.63, 3.8) is 0 Å². The van der Waals surface area contributed by atoms with Crippen LogP contribution in [-0.2, 0) is 4.79 Å². The third kappa shape index (κ3) is 2.81. The molecule has 0 radical (unpaired) electrons. The molecule has 7 heteroatoms. The minimum Gasteiger partial charge on any atom is -0.497 e. The molecule has 5 nitrogen and oxygen atoms in total. The number of nitrogens with one attached hydrogen (secondary N) is 1. The molecule has 132 valence electrons. The number of carbonyl (C=O) groups is 1. The fraction of sp³-hybridized carbons (Fsp3) is 0.158. The highest BCUT2D eigenvalue weighted by atomic mass is 19.1. The molecule has 4 rings (SSSR count). The van der Waals surface area contributed by atoms with Gasteiger partial charge in [-0.15, -0.1) is 0 Å². The molecular formula is C19H15F2N3O2. The zero-order chi connectivity index (χ0) is 18.3. The Hall–Kier alpha value is -3.22. The molecule has 2 aromatic carbocycles. The molecule has 2 heterocycles. The average Bonchev–Trinajstić information content (AvgIpc) is 3.04. The summed E-state index contributed by atoms with van der Waals surface area (Å²) in [6, 6.07) is 10.6. The fourth-order valence-electron chi connectivity index (χ4n) is 3.21. The number of ether oxygens (including phenoxy) is 1. The van der Waals surface area contributed by atoms with Crippen molar-refractivity contribution in [1.29, 1.82) is 0 Å². The van der Waals surface area contributed by atoms with Crippen molar-refractivity contribution in [1.82, 2.24) is 9.55 Å².